The van der Waals surface area contributed by atoms with Gasteiger partial charge in [0, 0.05) is 17.9 Å². The first-order chi connectivity index (χ1) is 9.29. The lowest BCUT2D eigenvalue weighted by atomic mass is 10.1. The molecule has 0 amide bonds. The first-order valence-corrected chi connectivity index (χ1v) is 6.79. The number of benzene rings is 1. The largest absolute Gasteiger partial charge is 0.433 e. The molecule has 0 bridgehead atoms. The summed E-state index contributed by atoms with van der Waals surface area (Å²) in [5.41, 5.74) is -0.714. The minimum atomic E-state index is -0.391. The fourth-order valence-corrected chi connectivity index (χ4v) is 2.09. The zero-order valence-corrected chi connectivity index (χ0v) is 12.9. The Labute approximate surface area is 124 Å². The number of hydrogen-bond donors (Lipinski definition) is 0. The van der Waals surface area contributed by atoms with Gasteiger partial charge in [-0.25, -0.2) is 9.37 Å². The number of rotatable bonds is 2. The molecule has 0 atom stereocenters. The average molecular weight is 341 g/mol. The lowest BCUT2D eigenvalue weighted by molar-refractivity contribution is 0.362. The van der Waals surface area contributed by atoms with Crippen molar-refractivity contribution in [1.29, 1.82) is 0 Å². The van der Waals surface area contributed by atoms with E-state index in [0.29, 0.717) is 10.2 Å². The molecule has 0 fully saturated rings. The van der Waals surface area contributed by atoms with Crippen molar-refractivity contribution in [3.05, 3.63) is 51.2 Å². The van der Waals surface area contributed by atoms with Crippen molar-refractivity contribution in [2.24, 2.45) is 0 Å². The molecule has 2 rings (SSSR count). The first-order valence-electron chi connectivity index (χ1n) is 6.00. The van der Waals surface area contributed by atoms with Crippen LogP contribution in [0.4, 0.5) is 4.39 Å². The van der Waals surface area contributed by atoms with E-state index >= 15 is 0 Å². The summed E-state index contributed by atoms with van der Waals surface area (Å²) in [5.74, 6) is -0.102. The zero-order chi connectivity index (χ0) is 14.9. The van der Waals surface area contributed by atoms with E-state index in [2.05, 4.69) is 20.9 Å². The van der Waals surface area contributed by atoms with E-state index in [9.17, 15) is 9.18 Å². The summed E-state index contributed by atoms with van der Waals surface area (Å²) in [4.78, 5) is 16.2. The highest BCUT2D eigenvalue weighted by molar-refractivity contribution is 9.10. The van der Waals surface area contributed by atoms with E-state index in [1.807, 2.05) is 20.8 Å². The second kappa shape index (κ2) is 5.36. The third-order valence-electron chi connectivity index (χ3n) is 2.63. The Morgan fingerprint density at radius 2 is 2.05 bits per heavy atom. The van der Waals surface area contributed by atoms with Crippen LogP contribution >= 0.6 is 15.9 Å². The van der Waals surface area contributed by atoms with Crippen LogP contribution in [-0.4, -0.2) is 9.55 Å². The van der Waals surface area contributed by atoms with Crippen molar-refractivity contribution in [2.75, 3.05) is 0 Å². The van der Waals surface area contributed by atoms with Crippen LogP contribution in [0.5, 0.6) is 11.6 Å². The van der Waals surface area contributed by atoms with Crippen LogP contribution in [0.25, 0.3) is 0 Å². The number of hydrogen-bond acceptors (Lipinski definition) is 3. The predicted octanol–water partition coefficient (Wildman–Crippen LogP) is 3.69. The van der Waals surface area contributed by atoms with Gasteiger partial charge in [-0.05, 0) is 54.9 Å². The highest BCUT2D eigenvalue weighted by atomic mass is 79.9. The van der Waals surface area contributed by atoms with E-state index in [4.69, 9.17) is 4.74 Å². The quantitative estimate of drug-likeness (QED) is 0.837. The molecule has 0 unspecified atom stereocenters. The van der Waals surface area contributed by atoms with Gasteiger partial charge in [0.1, 0.15) is 11.6 Å². The Bertz CT molecular complexity index is 692. The summed E-state index contributed by atoms with van der Waals surface area (Å²) in [6.07, 6.45) is 3.11. The van der Waals surface area contributed by atoms with Gasteiger partial charge in [0.2, 0.25) is 0 Å². The minimum absolute atomic E-state index is 0.0465. The molecule has 0 saturated heterocycles. The second-order valence-corrected chi connectivity index (χ2v) is 6.11. The number of nitrogens with zero attached hydrogens (tertiary/aromatic N) is 2. The van der Waals surface area contributed by atoms with Crippen LogP contribution in [0.2, 0.25) is 0 Å². The second-order valence-electron chi connectivity index (χ2n) is 5.26. The molecule has 1 aromatic heterocycles. The summed E-state index contributed by atoms with van der Waals surface area (Å²) in [7, 11) is 0. The third-order valence-corrected chi connectivity index (χ3v) is 3.25. The molecule has 0 spiro atoms. The molecule has 0 saturated carbocycles. The van der Waals surface area contributed by atoms with Gasteiger partial charge in [-0.2, -0.15) is 0 Å². The van der Waals surface area contributed by atoms with Crippen molar-refractivity contribution in [3.8, 4) is 11.6 Å². The Hall–Kier alpha value is -1.69. The van der Waals surface area contributed by atoms with E-state index < -0.39 is 5.82 Å². The molecular weight excluding hydrogens is 327 g/mol. The van der Waals surface area contributed by atoms with Crippen LogP contribution in [0, 0.1) is 5.82 Å². The van der Waals surface area contributed by atoms with Gasteiger partial charge in [-0.1, -0.05) is 0 Å². The molecule has 0 aliphatic carbocycles. The lowest BCUT2D eigenvalue weighted by Gasteiger charge is -2.22. The maximum absolute atomic E-state index is 13.0. The summed E-state index contributed by atoms with van der Waals surface area (Å²) < 4.78 is 20.4. The Morgan fingerprint density at radius 1 is 1.35 bits per heavy atom. The normalized spacial score (nSPS) is 11.4. The molecule has 4 nitrogen and oxygen atoms in total. The van der Waals surface area contributed by atoms with E-state index in [1.165, 1.54) is 29.0 Å². The number of ether oxygens (including phenoxy) is 1. The molecule has 2 aromatic rings. The SMILES string of the molecule is CC(C)(C)n1ccnc(Oc2ccc(F)cc2Br)c1=O. The Balaban J connectivity index is 2.42. The number of aromatic nitrogens is 2. The van der Waals surface area contributed by atoms with Crippen molar-refractivity contribution < 1.29 is 9.13 Å². The highest BCUT2D eigenvalue weighted by Gasteiger charge is 2.18. The van der Waals surface area contributed by atoms with Crippen molar-refractivity contribution in [3.63, 3.8) is 0 Å². The molecule has 6 heteroatoms. The predicted molar refractivity (Wildman–Crippen MR) is 77.7 cm³/mol. The van der Waals surface area contributed by atoms with Gasteiger partial charge in [-0.15, -0.1) is 0 Å². The molecular formula is C14H14BrFN2O2. The highest BCUT2D eigenvalue weighted by Crippen LogP contribution is 2.28. The Kier molecular flexibility index (Phi) is 3.94. The summed E-state index contributed by atoms with van der Waals surface area (Å²) >= 11 is 3.19. The molecule has 0 radical (unpaired) electrons. The first kappa shape index (κ1) is 14.7. The molecule has 0 N–H and O–H groups in total. The van der Waals surface area contributed by atoms with Crippen LogP contribution < -0.4 is 10.3 Å². The maximum Gasteiger partial charge on any atom is 0.314 e. The molecule has 0 aliphatic heterocycles. The topological polar surface area (TPSA) is 44.1 Å². The van der Waals surface area contributed by atoms with E-state index in [1.54, 1.807) is 6.20 Å². The van der Waals surface area contributed by atoms with Crippen LogP contribution in [0.15, 0.2) is 39.9 Å². The average Bonchev–Trinajstić information content (AvgIpc) is 2.33. The van der Waals surface area contributed by atoms with E-state index in [-0.39, 0.29) is 17.0 Å². The summed E-state index contributed by atoms with van der Waals surface area (Å²) in [6, 6.07) is 3.96. The molecule has 20 heavy (non-hydrogen) atoms. The van der Waals surface area contributed by atoms with Crippen LogP contribution in [0.3, 0.4) is 0 Å². The fraction of sp³-hybridized carbons (Fsp3) is 0.286. The Morgan fingerprint density at radius 3 is 2.65 bits per heavy atom. The van der Waals surface area contributed by atoms with E-state index in [0.717, 1.165) is 0 Å². The molecule has 106 valence electrons. The monoisotopic (exact) mass is 340 g/mol. The van der Waals surface area contributed by atoms with Gasteiger partial charge in [0.15, 0.2) is 0 Å². The molecule has 1 heterocycles. The van der Waals surface area contributed by atoms with Crippen molar-refractivity contribution in [2.45, 2.75) is 26.3 Å². The fourth-order valence-electron chi connectivity index (χ4n) is 1.65. The van der Waals surface area contributed by atoms with Gasteiger partial charge in [0.05, 0.1) is 4.47 Å². The number of halogens is 2. The van der Waals surface area contributed by atoms with Crippen LogP contribution in [-0.2, 0) is 5.54 Å². The minimum Gasteiger partial charge on any atom is -0.433 e. The summed E-state index contributed by atoms with van der Waals surface area (Å²) in [6.45, 7) is 5.73. The lowest BCUT2D eigenvalue weighted by Crippen LogP contribution is -2.34. The van der Waals surface area contributed by atoms with Gasteiger partial charge in [-0.3, -0.25) is 4.79 Å². The maximum atomic E-state index is 13.0. The van der Waals surface area contributed by atoms with Gasteiger partial charge < -0.3 is 9.30 Å². The van der Waals surface area contributed by atoms with Crippen molar-refractivity contribution >= 4 is 15.9 Å². The van der Waals surface area contributed by atoms with Crippen LogP contribution in [0.1, 0.15) is 20.8 Å². The molecule has 0 aliphatic rings. The smallest absolute Gasteiger partial charge is 0.314 e. The third kappa shape index (κ3) is 3.07. The molecule has 1 aromatic carbocycles. The van der Waals surface area contributed by atoms with Crippen molar-refractivity contribution in [1.82, 2.24) is 9.55 Å². The standard InChI is InChI=1S/C14H14BrFN2O2/c1-14(2,3)18-7-6-17-12(13(18)19)20-11-5-4-9(16)8-10(11)15/h4-8H,1-3H3. The van der Waals surface area contributed by atoms with Gasteiger partial charge >= 0.3 is 5.56 Å². The van der Waals surface area contributed by atoms with Gasteiger partial charge in [0.25, 0.3) is 5.88 Å². The summed E-state index contributed by atoms with van der Waals surface area (Å²) in [5, 5.41) is 0. The zero-order valence-electron chi connectivity index (χ0n) is 11.4.